The maximum absolute atomic E-state index is 13.9. The van der Waals surface area contributed by atoms with E-state index < -0.39 is 12.3 Å². The van der Waals surface area contributed by atoms with Crippen LogP contribution in [-0.2, 0) is 6.42 Å². The van der Waals surface area contributed by atoms with Gasteiger partial charge in [0.2, 0.25) is 0 Å². The molecule has 0 saturated carbocycles. The van der Waals surface area contributed by atoms with Gasteiger partial charge in [-0.2, -0.15) is 0 Å². The van der Waals surface area contributed by atoms with Gasteiger partial charge in [0.25, 0.3) is 0 Å². The molecular formula is C26H38F2N2O. The Morgan fingerprint density at radius 3 is 2.13 bits per heavy atom. The molecule has 0 fully saturated rings. The molecule has 0 radical (unpaired) electrons. The van der Waals surface area contributed by atoms with Gasteiger partial charge < -0.3 is 4.74 Å². The first-order valence-electron chi connectivity index (χ1n) is 11.9. The molecule has 0 aliphatic heterocycles. The van der Waals surface area contributed by atoms with E-state index in [0.29, 0.717) is 37.3 Å². The summed E-state index contributed by atoms with van der Waals surface area (Å²) in [5, 5.41) is 0. The van der Waals surface area contributed by atoms with E-state index in [2.05, 4.69) is 16.9 Å². The van der Waals surface area contributed by atoms with Crippen LogP contribution in [0.25, 0.3) is 11.4 Å². The van der Waals surface area contributed by atoms with Crippen LogP contribution in [0.2, 0.25) is 0 Å². The van der Waals surface area contributed by atoms with Crippen molar-refractivity contribution in [1.29, 1.82) is 0 Å². The fourth-order valence-corrected chi connectivity index (χ4v) is 3.48. The molecule has 0 spiro atoms. The molecule has 0 bridgehead atoms. The molecule has 1 aromatic carbocycles. The number of aryl methyl sites for hydroxylation is 1. The Morgan fingerprint density at radius 2 is 1.45 bits per heavy atom. The lowest BCUT2D eigenvalue weighted by molar-refractivity contribution is 0.178. The van der Waals surface area contributed by atoms with Gasteiger partial charge in [0.1, 0.15) is 18.5 Å². The molecule has 2 atom stereocenters. The Bertz CT molecular complexity index is 706. The Balaban J connectivity index is 1.72. The fourth-order valence-electron chi connectivity index (χ4n) is 3.48. The number of ether oxygens (including phenoxy) is 1. The predicted molar refractivity (Wildman–Crippen MR) is 124 cm³/mol. The number of alkyl halides is 2. The number of rotatable bonds is 16. The zero-order valence-corrected chi connectivity index (χ0v) is 19.2. The highest BCUT2D eigenvalue weighted by Gasteiger charge is 2.10. The van der Waals surface area contributed by atoms with Crippen molar-refractivity contribution >= 4 is 0 Å². The summed E-state index contributed by atoms with van der Waals surface area (Å²) in [5.41, 5.74) is 2.08. The molecule has 0 saturated heterocycles. The molecule has 172 valence electrons. The second-order valence-electron chi connectivity index (χ2n) is 8.30. The van der Waals surface area contributed by atoms with Gasteiger partial charge in [0, 0.05) is 18.0 Å². The second-order valence-corrected chi connectivity index (χ2v) is 8.30. The van der Waals surface area contributed by atoms with Gasteiger partial charge in [0.15, 0.2) is 5.82 Å². The van der Waals surface area contributed by atoms with Crippen molar-refractivity contribution in [1.82, 2.24) is 9.97 Å². The standard InChI is InChI=1S/C26H38F2N2O/c1-3-5-6-7-8-9-11-21-18-29-26(30-19-21)22-14-16-25(17-15-22)31-20-24(28)13-10-12-23(27)4-2/h14-19,23-24H,3-13,20H2,1-2H3. The highest BCUT2D eigenvalue weighted by atomic mass is 19.1. The lowest BCUT2D eigenvalue weighted by Gasteiger charge is -2.11. The molecule has 1 aromatic heterocycles. The van der Waals surface area contributed by atoms with Crippen LogP contribution >= 0.6 is 0 Å². The summed E-state index contributed by atoms with van der Waals surface area (Å²) in [4.78, 5) is 8.99. The first-order chi connectivity index (χ1) is 15.1. The summed E-state index contributed by atoms with van der Waals surface area (Å²) < 4.78 is 32.6. The van der Waals surface area contributed by atoms with E-state index >= 15 is 0 Å². The molecule has 3 nitrogen and oxygen atoms in total. The van der Waals surface area contributed by atoms with Crippen molar-refractivity contribution in [3.63, 3.8) is 0 Å². The van der Waals surface area contributed by atoms with E-state index in [-0.39, 0.29) is 6.61 Å². The summed E-state index contributed by atoms with van der Waals surface area (Å²) in [6, 6.07) is 7.40. The maximum atomic E-state index is 13.9. The summed E-state index contributed by atoms with van der Waals surface area (Å²) in [7, 11) is 0. The van der Waals surface area contributed by atoms with E-state index in [9.17, 15) is 8.78 Å². The summed E-state index contributed by atoms with van der Waals surface area (Å²) in [6.07, 6.45) is 12.4. The summed E-state index contributed by atoms with van der Waals surface area (Å²) in [5.74, 6) is 1.29. The molecule has 0 amide bonds. The third-order valence-electron chi connectivity index (χ3n) is 5.55. The SMILES string of the molecule is CCCCCCCCc1cnc(-c2ccc(OCC(F)CCCC(F)CC)cc2)nc1. The number of nitrogens with zero attached hydrogens (tertiary/aromatic N) is 2. The molecule has 2 unspecified atom stereocenters. The zero-order chi connectivity index (χ0) is 22.3. The minimum atomic E-state index is -1.08. The number of aromatic nitrogens is 2. The molecule has 31 heavy (non-hydrogen) atoms. The third kappa shape index (κ3) is 10.2. The molecule has 0 aliphatic carbocycles. The molecular weight excluding hydrogens is 394 g/mol. The Morgan fingerprint density at radius 1 is 0.806 bits per heavy atom. The average molecular weight is 433 g/mol. The monoisotopic (exact) mass is 432 g/mol. The fraction of sp³-hybridized carbons (Fsp3) is 0.615. The first kappa shape index (κ1) is 25.2. The average Bonchev–Trinajstić information content (AvgIpc) is 2.80. The summed E-state index contributed by atoms with van der Waals surface area (Å²) >= 11 is 0. The van der Waals surface area contributed by atoms with Crippen LogP contribution in [0.3, 0.4) is 0 Å². The molecule has 0 N–H and O–H groups in total. The highest BCUT2D eigenvalue weighted by molar-refractivity contribution is 5.55. The van der Waals surface area contributed by atoms with Gasteiger partial charge in [-0.3, -0.25) is 0 Å². The van der Waals surface area contributed by atoms with Crippen LogP contribution in [0, 0.1) is 0 Å². The molecule has 2 aromatic rings. The lowest BCUT2D eigenvalue weighted by Crippen LogP contribution is -2.13. The quantitative estimate of drug-likeness (QED) is 0.255. The number of unbranched alkanes of at least 4 members (excludes halogenated alkanes) is 5. The highest BCUT2D eigenvalue weighted by Crippen LogP contribution is 2.20. The van der Waals surface area contributed by atoms with Gasteiger partial charge in [-0.05, 0) is 68.4 Å². The Hall–Kier alpha value is -2.04. The van der Waals surface area contributed by atoms with Gasteiger partial charge in [-0.1, -0.05) is 46.0 Å². The molecule has 0 aliphatic rings. The van der Waals surface area contributed by atoms with E-state index in [4.69, 9.17) is 4.74 Å². The van der Waals surface area contributed by atoms with E-state index in [1.54, 1.807) is 6.92 Å². The van der Waals surface area contributed by atoms with Crippen LogP contribution in [-0.4, -0.2) is 28.9 Å². The largest absolute Gasteiger partial charge is 0.491 e. The normalized spacial score (nSPS) is 13.2. The second kappa shape index (κ2) is 14.9. The third-order valence-corrected chi connectivity index (χ3v) is 5.55. The van der Waals surface area contributed by atoms with Crippen LogP contribution in [0.1, 0.15) is 83.6 Å². The van der Waals surface area contributed by atoms with Crippen molar-refractivity contribution < 1.29 is 13.5 Å². The smallest absolute Gasteiger partial charge is 0.159 e. The summed E-state index contributed by atoms with van der Waals surface area (Å²) in [6.45, 7) is 4.03. The van der Waals surface area contributed by atoms with Gasteiger partial charge >= 0.3 is 0 Å². The van der Waals surface area contributed by atoms with Crippen molar-refractivity contribution in [2.24, 2.45) is 0 Å². The van der Waals surface area contributed by atoms with Crippen LogP contribution in [0.5, 0.6) is 5.75 Å². The number of hydrogen-bond donors (Lipinski definition) is 0. The van der Waals surface area contributed by atoms with Crippen molar-refractivity contribution in [2.45, 2.75) is 96.8 Å². The van der Waals surface area contributed by atoms with Crippen LogP contribution < -0.4 is 4.74 Å². The van der Waals surface area contributed by atoms with E-state index in [1.165, 1.54) is 44.1 Å². The lowest BCUT2D eigenvalue weighted by atomic mass is 10.1. The van der Waals surface area contributed by atoms with E-state index in [1.807, 2.05) is 36.7 Å². The predicted octanol–water partition coefficient (Wildman–Crippen LogP) is 7.68. The van der Waals surface area contributed by atoms with Crippen molar-refractivity contribution in [3.05, 3.63) is 42.2 Å². The molecule has 2 rings (SSSR count). The molecule has 5 heteroatoms. The van der Waals surface area contributed by atoms with Gasteiger partial charge in [-0.15, -0.1) is 0 Å². The first-order valence-corrected chi connectivity index (χ1v) is 11.9. The Kier molecular flexibility index (Phi) is 12.1. The Labute approximate surface area is 186 Å². The van der Waals surface area contributed by atoms with Crippen molar-refractivity contribution in [2.75, 3.05) is 6.61 Å². The van der Waals surface area contributed by atoms with Crippen LogP contribution in [0.4, 0.5) is 8.78 Å². The molecule has 1 heterocycles. The number of benzene rings is 1. The minimum absolute atomic E-state index is 0.00787. The zero-order valence-electron chi connectivity index (χ0n) is 19.2. The topological polar surface area (TPSA) is 35.0 Å². The number of halogens is 2. The minimum Gasteiger partial charge on any atom is -0.491 e. The number of hydrogen-bond acceptors (Lipinski definition) is 3. The van der Waals surface area contributed by atoms with Crippen LogP contribution in [0.15, 0.2) is 36.7 Å². The van der Waals surface area contributed by atoms with Gasteiger partial charge in [-0.25, -0.2) is 18.7 Å². The maximum Gasteiger partial charge on any atom is 0.159 e. The van der Waals surface area contributed by atoms with Gasteiger partial charge in [0.05, 0.1) is 6.17 Å². The van der Waals surface area contributed by atoms with Crippen molar-refractivity contribution in [3.8, 4) is 17.1 Å². The van der Waals surface area contributed by atoms with E-state index in [0.717, 1.165) is 12.0 Å².